The zero-order valence-electron chi connectivity index (χ0n) is 6.92. The first-order valence-electron chi connectivity index (χ1n) is 3.68. The lowest BCUT2D eigenvalue weighted by atomic mass is 10.4. The van der Waals surface area contributed by atoms with Gasteiger partial charge in [-0.1, -0.05) is 0 Å². The average molecular weight is 174 g/mol. The minimum absolute atomic E-state index is 0.388. The third-order valence-corrected chi connectivity index (χ3v) is 1.38. The standard InChI is InChI=1S/C7H6N6/c1-5-9-12-7(13-10-5)6-3-2-4-8-11-6/h2-4H,1H3. The van der Waals surface area contributed by atoms with E-state index in [0.29, 0.717) is 17.3 Å². The van der Waals surface area contributed by atoms with Crippen LogP contribution in [0.25, 0.3) is 11.5 Å². The van der Waals surface area contributed by atoms with Gasteiger partial charge in [0, 0.05) is 6.20 Å². The third kappa shape index (κ3) is 1.61. The maximum Gasteiger partial charge on any atom is 0.223 e. The molecule has 0 atom stereocenters. The van der Waals surface area contributed by atoms with E-state index in [1.807, 2.05) is 0 Å². The molecular weight excluding hydrogens is 168 g/mol. The van der Waals surface area contributed by atoms with Crippen LogP contribution in [-0.2, 0) is 0 Å². The molecule has 0 saturated heterocycles. The molecule has 0 aromatic carbocycles. The summed E-state index contributed by atoms with van der Waals surface area (Å²) in [4.78, 5) is 0. The molecule has 2 aromatic rings. The number of hydrogen-bond acceptors (Lipinski definition) is 6. The summed E-state index contributed by atoms with van der Waals surface area (Å²) >= 11 is 0. The molecule has 0 saturated carbocycles. The van der Waals surface area contributed by atoms with Crippen LogP contribution in [0.15, 0.2) is 18.3 Å². The smallest absolute Gasteiger partial charge is 0.158 e. The topological polar surface area (TPSA) is 77.3 Å². The van der Waals surface area contributed by atoms with Gasteiger partial charge in [-0.3, -0.25) is 0 Å². The van der Waals surface area contributed by atoms with E-state index in [9.17, 15) is 0 Å². The Morgan fingerprint density at radius 3 is 2.38 bits per heavy atom. The quantitative estimate of drug-likeness (QED) is 0.607. The molecule has 0 unspecified atom stereocenters. The van der Waals surface area contributed by atoms with E-state index in [4.69, 9.17) is 0 Å². The van der Waals surface area contributed by atoms with Crippen LogP contribution in [0.4, 0.5) is 0 Å². The number of aryl methyl sites for hydroxylation is 1. The molecule has 6 nitrogen and oxygen atoms in total. The van der Waals surface area contributed by atoms with Crippen LogP contribution in [0.2, 0.25) is 0 Å². The molecular formula is C7H6N6. The Hall–Kier alpha value is -1.98. The van der Waals surface area contributed by atoms with E-state index in [1.54, 1.807) is 25.3 Å². The highest BCUT2D eigenvalue weighted by molar-refractivity contribution is 5.45. The van der Waals surface area contributed by atoms with Crippen LogP contribution in [0.3, 0.4) is 0 Å². The molecule has 2 aromatic heterocycles. The molecule has 0 aliphatic rings. The van der Waals surface area contributed by atoms with Gasteiger partial charge < -0.3 is 0 Å². The van der Waals surface area contributed by atoms with Crippen molar-refractivity contribution in [2.75, 3.05) is 0 Å². The van der Waals surface area contributed by atoms with Crippen LogP contribution < -0.4 is 0 Å². The summed E-state index contributed by atoms with van der Waals surface area (Å²) in [7, 11) is 0. The number of nitrogens with zero attached hydrogens (tertiary/aromatic N) is 6. The van der Waals surface area contributed by atoms with Crippen molar-refractivity contribution < 1.29 is 0 Å². The Morgan fingerprint density at radius 1 is 1.00 bits per heavy atom. The first-order chi connectivity index (χ1) is 6.36. The molecule has 0 spiro atoms. The van der Waals surface area contributed by atoms with Gasteiger partial charge in [-0.25, -0.2) is 0 Å². The van der Waals surface area contributed by atoms with Crippen molar-refractivity contribution in [3.05, 3.63) is 24.2 Å². The normalized spacial score (nSPS) is 9.92. The van der Waals surface area contributed by atoms with Gasteiger partial charge in [0.1, 0.15) is 5.69 Å². The Bertz CT molecular complexity index is 383. The molecule has 0 bridgehead atoms. The molecule has 64 valence electrons. The van der Waals surface area contributed by atoms with Gasteiger partial charge in [0.05, 0.1) is 0 Å². The van der Waals surface area contributed by atoms with Crippen molar-refractivity contribution in [1.29, 1.82) is 0 Å². The van der Waals surface area contributed by atoms with Crippen molar-refractivity contribution in [3.63, 3.8) is 0 Å². The highest BCUT2D eigenvalue weighted by Crippen LogP contribution is 2.05. The van der Waals surface area contributed by atoms with Crippen molar-refractivity contribution in [3.8, 4) is 11.5 Å². The largest absolute Gasteiger partial charge is 0.223 e. The van der Waals surface area contributed by atoms with Crippen LogP contribution >= 0.6 is 0 Å². The lowest BCUT2D eigenvalue weighted by molar-refractivity contribution is 0.808. The molecule has 0 amide bonds. The highest BCUT2D eigenvalue weighted by Gasteiger charge is 2.02. The Kier molecular flexibility index (Phi) is 1.87. The first-order valence-corrected chi connectivity index (χ1v) is 3.68. The maximum atomic E-state index is 3.82. The molecule has 2 heterocycles. The van der Waals surface area contributed by atoms with Gasteiger partial charge in [0.15, 0.2) is 5.82 Å². The molecule has 0 radical (unpaired) electrons. The third-order valence-electron chi connectivity index (χ3n) is 1.38. The summed E-state index contributed by atoms with van der Waals surface area (Å²) in [5.41, 5.74) is 0.572. The predicted octanol–water partition coefficient (Wildman–Crippen LogP) is 0.0320. The van der Waals surface area contributed by atoms with E-state index in [-0.39, 0.29) is 0 Å². The molecule has 6 heteroatoms. The van der Waals surface area contributed by atoms with Crippen LogP contribution in [0.1, 0.15) is 5.82 Å². The second-order valence-electron chi connectivity index (χ2n) is 2.38. The Balaban J connectivity index is 2.42. The summed E-state index contributed by atoms with van der Waals surface area (Å²) < 4.78 is 0. The average Bonchev–Trinajstić information content (AvgIpc) is 2.20. The van der Waals surface area contributed by atoms with Crippen LogP contribution in [0.5, 0.6) is 0 Å². The first kappa shape index (κ1) is 7.66. The fourth-order valence-corrected chi connectivity index (χ4v) is 0.803. The van der Waals surface area contributed by atoms with Gasteiger partial charge in [-0.2, -0.15) is 5.10 Å². The molecule has 0 aliphatic heterocycles. The fraction of sp³-hybridized carbons (Fsp3) is 0.143. The molecule has 0 fully saturated rings. The molecule has 13 heavy (non-hydrogen) atoms. The van der Waals surface area contributed by atoms with Crippen LogP contribution in [-0.4, -0.2) is 30.6 Å². The van der Waals surface area contributed by atoms with E-state index < -0.39 is 0 Å². The minimum Gasteiger partial charge on any atom is -0.158 e. The van der Waals surface area contributed by atoms with Gasteiger partial charge >= 0.3 is 0 Å². The second kappa shape index (κ2) is 3.18. The Morgan fingerprint density at radius 2 is 1.77 bits per heavy atom. The molecule has 0 N–H and O–H groups in total. The molecule has 0 aliphatic carbocycles. The SMILES string of the molecule is Cc1nnc(-c2cccnn2)nn1. The zero-order valence-corrected chi connectivity index (χ0v) is 6.92. The summed E-state index contributed by atoms with van der Waals surface area (Å²) in [6.07, 6.45) is 1.58. The van der Waals surface area contributed by atoms with Gasteiger partial charge in [0.25, 0.3) is 0 Å². The lowest BCUT2D eigenvalue weighted by Crippen LogP contribution is -2.00. The van der Waals surface area contributed by atoms with Gasteiger partial charge in [0.2, 0.25) is 5.82 Å². The highest BCUT2D eigenvalue weighted by atomic mass is 15.3. The minimum atomic E-state index is 0.388. The number of rotatable bonds is 1. The molecule has 2 rings (SSSR count). The second-order valence-corrected chi connectivity index (χ2v) is 2.38. The summed E-state index contributed by atoms with van der Waals surface area (Å²) in [6, 6.07) is 3.51. The summed E-state index contributed by atoms with van der Waals surface area (Å²) in [5, 5.41) is 22.7. The number of aromatic nitrogens is 6. The van der Waals surface area contributed by atoms with Gasteiger partial charge in [-0.15, -0.1) is 25.5 Å². The summed E-state index contributed by atoms with van der Waals surface area (Å²) in [5.74, 6) is 0.923. The predicted molar refractivity (Wildman–Crippen MR) is 43.4 cm³/mol. The van der Waals surface area contributed by atoms with Crippen molar-refractivity contribution in [1.82, 2.24) is 30.6 Å². The van der Waals surface area contributed by atoms with E-state index >= 15 is 0 Å². The van der Waals surface area contributed by atoms with Gasteiger partial charge in [-0.05, 0) is 19.1 Å². The summed E-state index contributed by atoms with van der Waals surface area (Å²) in [6.45, 7) is 1.72. The van der Waals surface area contributed by atoms with E-state index in [2.05, 4.69) is 30.6 Å². The van der Waals surface area contributed by atoms with Crippen molar-refractivity contribution in [2.45, 2.75) is 6.92 Å². The van der Waals surface area contributed by atoms with E-state index in [1.165, 1.54) is 0 Å². The number of hydrogen-bond donors (Lipinski definition) is 0. The van der Waals surface area contributed by atoms with Crippen molar-refractivity contribution >= 4 is 0 Å². The monoisotopic (exact) mass is 174 g/mol. The fourth-order valence-electron chi connectivity index (χ4n) is 0.803. The lowest BCUT2D eigenvalue weighted by Gasteiger charge is -1.94. The maximum absolute atomic E-state index is 3.82. The van der Waals surface area contributed by atoms with Crippen LogP contribution in [0, 0.1) is 6.92 Å². The van der Waals surface area contributed by atoms with E-state index in [0.717, 1.165) is 0 Å². The van der Waals surface area contributed by atoms with Crippen molar-refractivity contribution in [2.24, 2.45) is 0 Å². The Labute approximate surface area is 74.1 Å². The zero-order chi connectivity index (χ0) is 9.10.